The van der Waals surface area contributed by atoms with E-state index in [9.17, 15) is 4.79 Å². The Morgan fingerprint density at radius 1 is 1.61 bits per heavy atom. The Morgan fingerprint density at radius 2 is 2.33 bits per heavy atom. The number of amides is 1. The number of thiophene rings is 1. The molecule has 1 aliphatic rings. The summed E-state index contributed by atoms with van der Waals surface area (Å²) in [7, 11) is 0. The Morgan fingerprint density at radius 3 is 2.89 bits per heavy atom. The van der Waals surface area contributed by atoms with Crippen LogP contribution in [0.3, 0.4) is 0 Å². The molecular formula is C12H16N4OS. The zero-order chi connectivity index (χ0) is 13.3. The van der Waals surface area contributed by atoms with Crippen LogP contribution in [0.5, 0.6) is 0 Å². The summed E-state index contributed by atoms with van der Waals surface area (Å²) in [6, 6.07) is 2.02. The van der Waals surface area contributed by atoms with E-state index in [-0.39, 0.29) is 5.69 Å². The third-order valence-electron chi connectivity index (χ3n) is 3.22. The molecule has 0 bridgehead atoms. The van der Waals surface area contributed by atoms with Crippen molar-refractivity contribution in [1.82, 2.24) is 0 Å². The molecule has 1 aliphatic heterocycles. The lowest BCUT2D eigenvalue weighted by atomic mass is 10.0. The minimum absolute atomic E-state index is 0.225. The van der Waals surface area contributed by atoms with Crippen molar-refractivity contribution in [2.24, 2.45) is 11.7 Å². The standard InChI is InChI=1S/C12H16N4OS/c1-7-3-2-4-16(6-7)12-9(11(15)17)10(14)8(5-13)18-12/h7H,2-4,6,14H2,1H3,(H2,15,17). The zero-order valence-corrected chi connectivity index (χ0v) is 11.1. The number of nitrogens with two attached hydrogens (primary N) is 2. The summed E-state index contributed by atoms with van der Waals surface area (Å²) in [5.74, 6) is 0.0202. The predicted octanol–water partition coefficient (Wildman–Crippen LogP) is 1.54. The van der Waals surface area contributed by atoms with Gasteiger partial charge in [-0.15, -0.1) is 11.3 Å². The highest BCUT2D eigenvalue weighted by atomic mass is 32.1. The summed E-state index contributed by atoms with van der Waals surface area (Å²) in [6.45, 7) is 3.94. The van der Waals surface area contributed by atoms with Crippen LogP contribution in [0.25, 0.3) is 0 Å². The van der Waals surface area contributed by atoms with Gasteiger partial charge in [0.15, 0.2) is 0 Å². The summed E-state index contributed by atoms with van der Waals surface area (Å²) < 4.78 is 0. The number of piperidine rings is 1. The van der Waals surface area contributed by atoms with Crippen LogP contribution >= 0.6 is 11.3 Å². The number of nitrogen functional groups attached to an aromatic ring is 1. The first-order valence-electron chi connectivity index (χ1n) is 5.91. The summed E-state index contributed by atoms with van der Waals surface area (Å²) in [5, 5.41) is 9.75. The van der Waals surface area contributed by atoms with Crippen LogP contribution < -0.4 is 16.4 Å². The van der Waals surface area contributed by atoms with Gasteiger partial charge in [-0.2, -0.15) is 5.26 Å². The van der Waals surface area contributed by atoms with Crippen molar-refractivity contribution in [2.45, 2.75) is 19.8 Å². The molecule has 0 radical (unpaired) electrons. The highest BCUT2D eigenvalue weighted by Crippen LogP contribution is 2.39. The lowest BCUT2D eigenvalue weighted by Gasteiger charge is -2.32. The van der Waals surface area contributed by atoms with E-state index in [4.69, 9.17) is 16.7 Å². The SMILES string of the molecule is CC1CCCN(c2sc(C#N)c(N)c2C(N)=O)C1. The fourth-order valence-electron chi connectivity index (χ4n) is 2.35. The van der Waals surface area contributed by atoms with Crippen molar-refractivity contribution in [2.75, 3.05) is 23.7 Å². The molecular weight excluding hydrogens is 248 g/mol. The number of carbonyl (C=O) groups excluding carboxylic acids is 1. The maximum Gasteiger partial charge on any atom is 0.253 e. The van der Waals surface area contributed by atoms with E-state index in [0.29, 0.717) is 16.4 Å². The normalized spacial score (nSPS) is 19.6. The molecule has 5 nitrogen and oxygen atoms in total. The van der Waals surface area contributed by atoms with Crippen molar-refractivity contribution in [3.05, 3.63) is 10.4 Å². The van der Waals surface area contributed by atoms with Crippen LogP contribution in [0.4, 0.5) is 10.7 Å². The molecule has 96 valence electrons. The van der Waals surface area contributed by atoms with Gasteiger partial charge in [-0.3, -0.25) is 4.79 Å². The van der Waals surface area contributed by atoms with Crippen molar-refractivity contribution < 1.29 is 4.79 Å². The minimum Gasteiger partial charge on any atom is -0.396 e. The first kappa shape index (κ1) is 12.7. The van der Waals surface area contributed by atoms with Crippen LogP contribution in [-0.2, 0) is 0 Å². The van der Waals surface area contributed by atoms with Crippen molar-refractivity contribution in [3.63, 3.8) is 0 Å². The number of primary amides is 1. The van der Waals surface area contributed by atoms with E-state index in [1.807, 2.05) is 6.07 Å². The van der Waals surface area contributed by atoms with E-state index in [1.54, 1.807) is 0 Å². The number of carbonyl (C=O) groups is 1. The Kier molecular flexibility index (Phi) is 3.43. The first-order valence-corrected chi connectivity index (χ1v) is 6.73. The zero-order valence-electron chi connectivity index (χ0n) is 10.3. The Hall–Kier alpha value is -1.74. The average Bonchev–Trinajstić information content (AvgIpc) is 2.66. The summed E-state index contributed by atoms with van der Waals surface area (Å²) in [5.41, 5.74) is 11.7. The molecule has 0 aromatic carbocycles. The van der Waals surface area contributed by atoms with Gasteiger partial charge in [0.05, 0.1) is 11.3 Å². The Bertz CT molecular complexity index is 517. The number of anilines is 2. The van der Waals surface area contributed by atoms with Crippen molar-refractivity contribution >= 4 is 27.9 Å². The van der Waals surface area contributed by atoms with Gasteiger partial charge in [0.25, 0.3) is 5.91 Å². The number of hydrogen-bond acceptors (Lipinski definition) is 5. The highest BCUT2D eigenvalue weighted by molar-refractivity contribution is 7.17. The second kappa shape index (κ2) is 4.86. The van der Waals surface area contributed by atoms with Crippen LogP contribution in [0, 0.1) is 17.2 Å². The van der Waals surface area contributed by atoms with Crippen LogP contribution in [0.2, 0.25) is 0 Å². The third-order valence-corrected chi connectivity index (χ3v) is 4.39. The lowest BCUT2D eigenvalue weighted by Crippen LogP contribution is -2.35. The topological polar surface area (TPSA) is 96.1 Å². The molecule has 6 heteroatoms. The maximum absolute atomic E-state index is 11.5. The van der Waals surface area contributed by atoms with Gasteiger partial charge >= 0.3 is 0 Å². The van der Waals surface area contributed by atoms with E-state index in [1.165, 1.54) is 17.8 Å². The number of rotatable bonds is 2. The fourth-order valence-corrected chi connectivity index (χ4v) is 3.41. The van der Waals surface area contributed by atoms with Gasteiger partial charge in [0, 0.05) is 13.1 Å². The molecule has 1 aromatic heterocycles. The number of hydrogen-bond donors (Lipinski definition) is 2. The molecule has 0 saturated carbocycles. The van der Waals surface area contributed by atoms with E-state index in [0.717, 1.165) is 24.5 Å². The number of nitrogens with zero attached hydrogens (tertiary/aromatic N) is 2. The van der Waals surface area contributed by atoms with Crippen molar-refractivity contribution in [1.29, 1.82) is 5.26 Å². The van der Waals surface area contributed by atoms with Crippen LogP contribution in [0.15, 0.2) is 0 Å². The van der Waals surface area contributed by atoms with Gasteiger partial charge in [0.1, 0.15) is 15.9 Å². The molecule has 18 heavy (non-hydrogen) atoms. The smallest absolute Gasteiger partial charge is 0.253 e. The summed E-state index contributed by atoms with van der Waals surface area (Å²) in [4.78, 5) is 14.0. The lowest BCUT2D eigenvalue weighted by molar-refractivity contribution is 0.100. The fraction of sp³-hybridized carbons (Fsp3) is 0.500. The largest absolute Gasteiger partial charge is 0.396 e. The van der Waals surface area contributed by atoms with Crippen LogP contribution in [-0.4, -0.2) is 19.0 Å². The van der Waals surface area contributed by atoms with Gasteiger partial charge in [0.2, 0.25) is 0 Å². The molecule has 0 spiro atoms. The molecule has 1 atom stereocenters. The van der Waals surface area contributed by atoms with Gasteiger partial charge in [-0.1, -0.05) is 6.92 Å². The molecule has 1 saturated heterocycles. The predicted molar refractivity (Wildman–Crippen MR) is 72.6 cm³/mol. The van der Waals surface area contributed by atoms with Gasteiger partial charge in [-0.25, -0.2) is 0 Å². The minimum atomic E-state index is -0.557. The molecule has 2 rings (SSSR count). The quantitative estimate of drug-likeness (QED) is 0.846. The van der Waals surface area contributed by atoms with E-state index >= 15 is 0 Å². The second-order valence-corrected chi connectivity index (χ2v) is 5.69. The molecule has 1 amide bonds. The van der Waals surface area contributed by atoms with E-state index in [2.05, 4.69) is 11.8 Å². The first-order chi connectivity index (χ1) is 8.54. The monoisotopic (exact) mass is 264 g/mol. The highest BCUT2D eigenvalue weighted by Gasteiger charge is 2.26. The third kappa shape index (κ3) is 2.14. The van der Waals surface area contributed by atoms with Gasteiger partial charge in [-0.05, 0) is 18.8 Å². The summed E-state index contributed by atoms with van der Waals surface area (Å²) >= 11 is 1.26. The second-order valence-electron chi connectivity index (χ2n) is 4.69. The molecule has 1 unspecified atom stereocenters. The molecule has 4 N–H and O–H groups in total. The molecule has 0 aliphatic carbocycles. The summed E-state index contributed by atoms with van der Waals surface area (Å²) in [6.07, 6.45) is 2.27. The number of nitriles is 1. The van der Waals surface area contributed by atoms with Crippen molar-refractivity contribution in [3.8, 4) is 6.07 Å². The van der Waals surface area contributed by atoms with E-state index < -0.39 is 5.91 Å². The average molecular weight is 264 g/mol. The molecule has 2 heterocycles. The van der Waals surface area contributed by atoms with Gasteiger partial charge < -0.3 is 16.4 Å². The Balaban J connectivity index is 2.43. The maximum atomic E-state index is 11.5. The molecule has 1 aromatic rings. The van der Waals surface area contributed by atoms with Crippen LogP contribution in [0.1, 0.15) is 35.0 Å². The molecule has 1 fully saturated rings. The Labute approximate surface area is 110 Å².